The molecule has 3 heterocycles. The maximum Gasteiger partial charge on any atom is 0.336 e. The van der Waals surface area contributed by atoms with Gasteiger partial charge in [-0.15, -0.1) is 0 Å². The fourth-order valence-corrected chi connectivity index (χ4v) is 3.71. The quantitative estimate of drug-likeness (QED) is 0.595. The van der Waals surface area contributed by atoms with Gasteiger partial charge >= 0.3 is 5.63 Å². The van der Waals surface area contributed by atoms with Crippen LogP contribution in [-0.2, 0) is 6.54 Å². The minimum absolute atomic E-state index is 0.0957. The monoisotopic (exact) mass is 430 g/mol. The van der Waals surface area contributed by atoms with Crippen molar-refractivity contribution < 1.29 is 13.6 Å². The smallest absolute Gasteiger partial charge is 0.336 e. The molecule has 0 radical (unpaired) electrons. The van der Waals surface area contributed by atoms with Gasteiger partial charge in [0.2, 0.25) is 0 Å². The molecule has 0 bridgehead atoms. The first kappa shape index (κ1) is 18.0. The molecule has 6 nitrogen and oxygen atoms in total. The number of hydrogen-bond donors (Lipinski definition) is 0. The van der Waals surface area contributed by atoms with Crippen LogP contribution >= 0.6 is 15.9 Å². The Balaban J connectivity index is 1.46. The molecule has 0 saturated carbocycles. The molecule has 0 N–H and O–H groups in total. The third-order valence-corrected chi connectivity index (χ3v) is 5.25. The SMILES string of the molecule is Cc1ccc2c(CN3CCN(C(=O)c4ccc(Br)o4)CC3)cc(=O)oc2c1. The minimum atomic E-state index is -0.333. The van der Waals surface area contributed by atoms with Crippen LogP contribution in [0.25, 0.3) is 11.0 Å². The number of rotatable bonds is 3. The lowest BCUT2D eigenvalue weighted by molar-refractivity contribution is 0.0597. The van der Waals surface area contributed by atoms with E-state index in [1.165, 1.54) is 0 Å². The van der Waals surface area contributed by atoms with E-state index in [0.717, 1.165) is 29.6 Å². The van der Waals surface area contributed by atoms with E-state index >= 15 is 0 Å². The van der Waals surface area contributed by atoms with Crippen LogP contribution < -0.4 is 5.63 Å². The van der Waals surface area contributed by atoms with Crippen molar-refractivity contribution >= 4 is 32.8 Å². The number of piperazine rings is 1. The zero-order valence-corrected chi connectivity index (χ0v) is 16.5. The number of halogens is 1. The van der Waals surface area contributed by atoms with Crippen molar-refractivity contribution in [3.63, 3.8) is 0 Å². The molecule has 4 rings (SSSR count). The first-order valence-electron chi connectivity index (χ1n) is 8.80. The third-order valence-electron chi connectivity index (χ3n) is 4.82. The molecule has 2 aromatic heterocycles. The van der Waals surface area contributed by atoms with Crippen molar-refractivity contribution in [1.82, 2.24) is 9.80 Å². The van der Waals surface area contributed by atoms with Gasteiger partial charge in [0.05, 0.1) is 0 Å². The summed E-state index contributed by atoms with van der Waals surface area (Å²) in [5.41, 5.74) is 2.30. The van der Waals surface area contributed by atoms with Crippen molar-refractivity contribution in [2.45, 2.75) is 13.5 Å². The Labute approximate surface area is 164 Å². The van der Waals surface area contributed by atoms with Gasteiger partial charge in [0.1, 0.15) is 5.58 Å². The summed E-state index contributed by atoms with van der Waals surface area (Å²) in [4.78, 5) is 28.4. The number of amides is 1. The number of fused-ring (bicyclic) bond motifs is 1. The Morgan fingerprint density at radius 3 is 2.56 bits per heavy atom. The third kappa shape index (κ3) is 3.84. The normalized spacial score (nSPS) is 15.4. The second kappa shape index (κ2) is 7.32. The Kier molecular flexibility index (Phi) is 4.88. The van der Waals surface area contributed by atoms with Crippen LogP contribution in [0.15, 0.2) is 54.7 Å². The van der Waals surface area contributed by atoms with E-state index in [1.54, 1.807) is 23.1 Å². The zero-order chi connectivity index (χ0) is 19.0. The van der Waals surface area contributed by atoms with Crippen LogP contribution in [0, 0.1) is 6.92 Å². The summed E-state index contributed by atoms with van der Waals surface area (Å²) in [6.45, 7) is 5.34. The standard InChI is InChI=1S/C20H19BrN2O4/c1-13-2-3-15-14(11-19(24)27-17(15)10-13)12-22-6-8-23(9-7-22)20(25)16-4-5-18(21)26-16/h2-5,10-11H,6-9,12H2,1H3. The molecule has 0 atom stereocenters. The zero-order valence-electron chi connectivity index (χ0n) is 14.9. The summed E-state index contributed by atoms with van der Waals surface area (Å²) in [5, 5.41) is 0.958. The first-order chi connectivity index (χ1) is 13.0. The van der Waals surface area contributed by atoms with E-state index in [0.29, 0.717) is 35.6 Å². The summed E-state index contributed by atoms with van der Waals surface area (Å²) >= 11 is 3.22. The molecule has 27 heavy (non-hydrogen) atoms. The molecule has 0 aliphatic carbocycles. The summed E-state index contributed by atoms with van der Waals surface area (Å²) < 4.78 is 11.2. The first-order valence-corrected chi connectivity index (χ1v) is 9.59. The number of benzene rings is 1. The molecule has 1 aliphatic heterocycles. The highest BCUT2D eigenvalue weighted by Gasteiger charge is 2.24. The molecule has 140 valence electrons. The lowest BCUT2D eigenvalue weighted by atomic mass is 10.1. The Morgan fingerprint density at radius 1 is 1.07 bits per heavy atom. The highest BCUT2D eigenvalue weighted by atomic mass is 79.9. The maximum atomic E-state index is 12.5. The molecule has 1 aliphatic rings. The van der Waals surface area contributed by atoms with Crippen molar-refractivity contribution in [3.8, 4) is 0 Å². The lowest BCUT2D eigenvalue weighted by Crippen LogP contribution is -2.48. The van der Waals surface area contributed by atoms with E-state index in [-0.39, 0.29) is 11.5 Å². The number of furan rings is 1. The minimum Gasteiger partial charge on any atom is -0.444 e. The van der Waals surface area contributed by atoms with Crippen LogP contribution in [0.5, 0.6) is 0 Å². The van der Waals surface area contributed by atoms with Crippen molar-refractivity contribution in [3.05, 3.63) is 68.4 Å². The predicted molar refractivity (Wildman–Crippen MR) is 105 cm³/mol. The highest BCUT2D eigenvalue weighted by molar-refractivity contribution is 9.10. The summed E-state index contributed by atoms with van der Waals surface area (Å²) in [6, 6.07) is 10.9. The van der Waals surface area contributed by atoms with Crippen LogP contribution in [0.4, 0.5) is 0 Å². The molecular formula is C20H19BrN2O4. The molecule has 7 heteroatoms. The molecular weight excluding hydrogens is 412 g/mol. The largest absolute Gasteiger partial charge is 0.444 e. The van der Waals surface area contributed by atoms with Crippen molar-refractivity contribution in [2.75, 3.05) is 26.2 Å². The summed E-state index contributed by atoms with van der Waals surface area (Å²) in [5.74, 6) is 0.249. The number of aryl methyl sites for hydroxylation is 1. The Hall–Kier alpha value is -2.38. The van der Waals surface area contributed by atoms with E-state index in [4.69, 9.17) is 8.83 Å². The Bertz CT molecular complexity index is 1050. The van der Waals surface area contributed by atoms with Crippen LogP contribution in [0.3, 0.4) is 0 Å². The molecule has 1 saturated heterocycles. The van der Waals surface area contributed by atoms with E-state index in [1.807, 2.05) is 25.1 Å². The molecule has 3 aromatic rings. The summed E-state index contributed by atoms with van der Waals surface area (Å²) in [6.07, 6.45) is 0. The molecule has 1 fully saturated rings. The van der Waals surface area contributed by atoms with E-state index in [2.05, 4.69) is 20.8 Å². The highest BCUT2D eigenvalue weighted by Crippen LogP contribution is 2.21. The average Bonchev–Trinajstić information content (AvgIpc) is 3.07. The van der Waals surface area contributed by atoms with E-state index < -0.39 is 0 Å². The molecule has 1 aromatic carbocycles. The maximum absolute atomic E-state index is 12.5. The predicted octanol–water partition coefficient (Wildman–Crippen LogP) is 3.41. The van der Waals surface area contributed by atoms with Gasteiger partial charge in [-0.25, -0.2) is 4.79 Å². The van der Waals surface area contributed by atoms with Crippen molar-refractivity contribution in [2.24, 2.45) is 0 Å². The molecule has 0 unspecified atom stereocenters. The van der Waals surface area contributed by atoms with Crippen LogP contribution in [-0.4, -0.2) is 41.9 Å². The average molecular weight is 431 g/mol. The van der Waals surface area contributed by atoms with Gasteiger partial charge in [-0.3, -0.25) is 9.69 Å². The number of carbonyl (C=O) groups excluding carboxylic acids is 1. The number of hydrogen-bond acceptors (Lipinski definition) is 5. The van der Waals surface area contributed by atoms with Gasteiger partial charge in [-0.1, -0.05) is 12.1 Å². The topological polar surface area (TPSA) is 66.9 Å². The van der Waals surface area contributed by atoms with Crippen LogP contribution in [0.1, 0.15) is 21.7 Å². The number of carbonyl (C=O) groups is 1. The van der Waals surface area contributed by atoms with Gasteiger partial charge < -0.3 is 13.7 Å². The summed E-state index contributed by atoms with van der Waals surface area (Å²) in [7, 11) is 0. The van der Waals surface area contributed by atoms with Crippen molar-refractivity contribution in [1.29, 1.82) is 0 Å². The Morgan fingerprint density at radius 2 is 1.85 bits per heavy atom. The number of nitrogens with zero attached hydrogens (tertiary/aromatic N) is 2. The van der Waals surface area contributed by atoms with Gasteiger partial charge in [0.25, 0.3) is 5.91 Å². The lowest BCUT2D eigenvalue weighted by Gasteiger charge is -2.34. The van der Waals surface area contributed by atoms with Gasteiger partial charge in [0, 0.05) is 44.2 Å². The van der Waals surface area contributed by atoms with Gasteiger partial charge in [-0.2, -0.15) is 0 Å². The fourth-order valence-electron chi connectivity index (χ4n) is 3.40. The van der Waals surface area contributed by atoms with Gasteiger partial charge in [0.15, 0.2) is 10.4 Å². The molecule has 0 spiro atoms. The fraction of sp³-hybridized carbons (Fsp3) is 0.300. The van der Waals surface area contributed by atoms with Gasteiger partial charge in [-0.05, 0) is 52.2 Å². The second-order valence-corrected chi connectivity index (χ2v) is 7.54. The van der Waals surface area contributed by atoms with E-state index in [9.17, 15) is 9.59 Å². The molecule has 1 amide bonds. The second-order valence-electron chi connectivity index (χ2n) is 6.76. The van der Waals surface area contributed by atoms with Crippen LogP contribution in [0.2, 0.25) is 0 Å².